The van der Waals surface area contributed by atoms with Crippen molar-refractivity contribution in [2.75, 3.05) is 13.7 Å². The number of hydrogen-bond donors (Lipinski definition) is 5. The van der Waals surface area contributed by atoms with Crippen molar-refractivity contribution < 1.29 is 29.0 Å². The van der Waals surface area contributed by atoms with Gasteiger partial charge in [-0.15, -0.1) is 0 Å². The smallest absolute Gasteiger partial charge is 0.328 e. The molecule has 0 aliphatic carbocycles. The Morgan fingerprint density at radius 1 is 1.06 bits per heavy atom. The van der Waals surface area contributed by atoms with Gasteiger partial charge in [-0.25, -0.2) is 4.79 Å². The summed E-state index contributed by atoms with van der Waals surface area (Å²) < 4.78 is 5.31. The van der Waals surface area contributed by atoms with Crippen molar-refractivity contribution in [3.63, 3.8) is 0 Å². The molecular formula is C23H40N4O6. The molecule has 1 rings (SSSR count). The number of carbonyl (C=O) groups excluding carboxylic acids is 4. The molecule has 1 aromatic carbocycles. The number of aliphatic hydroxyl groups is 1. The van der Waals surface area contributed by atoms with E-state index in [0.29, 0.717) is 6.42 Å². The van der Waals surface area contributed by atoms with E-state index in [1.807, 2.05) is 58.0 Å². The molecule has 0 spiro atoms. The van der Waals surface area contributed by atoms with Gasteiger partial charge < -0.3 is 31.9 Å². The molecule has 0 heterocycles. The van der Waals surface area contributed by atoms with Crippen molar-refractivity contribution >= 4 is 23.7 Å². The number of aliphatic hydroxyl groups excluding tert-OH is 1. The number of nitrogens with two attached hydrogens (primary N) is 2. The Balaban J connectivity index is 0. The van der Waals surface area contributed by atoms with E-state index in [1.54, 1.807) is 0 Å². The molecule has 0 radical (unpaired) electrons. The first-order valence-electron chi connectivity index (χ1n) is 10.9. The van der Waals surface area contributed by atoms with E-state index >= 15 is 0 Å². The second kappa shape index (κ2) is 19.7. The number of esters is 1. The summed E-state index contributed by atoms with van der Waals surface area (Å²) in [5.41, 5.74) is 11.5. The fourth-order valence-corrected chi connectivity index (χ4v) is 2.49. The lowest BCUT2D eigenvalue weighted by Gasteiger charge is -2.20. The van der Waals surface area contributed by atoms with E-state index in [1.165, 1.54) is 0 Å². The first kappa shape index (κ1) is 32.2. The van der Waals surface area contributed by atoms with Crippen LogP contribution in [0.3, 0.4) is 0 Å². The molecular weight excluding hydrogens is 428 g/mol. The number of ether oxygens (including phenoxy) is 1. The highest BCUT2D eigenvalue weighted by Crippen LogP contribution is 2.08. The van der Waals surface area contributed by atoms with E-state index in [2.05, 4.69) is 10.6 Å². The van der Waals surface area contributed by atoms with Gasteiger partial charge in [-0.1, -0.05) is 58.0 Å². The highest BCUT2D eigenvalue weighted by atomic mass is 16.5. The van der Waals surface area contributed by atoms with Crippen molar-refractivity contribution in [1.29, 1.82) is 0 Å². The summed E-state index contributed by atoms with van der Waals surface area (Å²) in [5.74, 6) is -2.07. The zero-order valence-electron chi connectivity index (χ0n) is 20.3. The molecule has 7 N–H and O–H groups in total. The Bertz CT molecular complexity index is 697. The number of benzene rings is 1. The van der Waals surface area contributed by atoms with E-state index in [-0.39, 0.29) is 31.9 Å². The molecule has 10 heteroatoms. The fourth-order valence-electron chi connectivity index (χ4n) is 2.49. The molecule has 3 amide bonds. The Morgan fingerprint density at radius 2 is 1.64 bits per heavy atom. The lowest BCUT2D eigenvalue weighted by Crippen LogP contribution is -2.49. The minimum absolute atomic E-state index is 0.0233. The third-order valence-corrected chi connectivity index (χ3v) is 4.01. The minimum atomic E-state index is -0.947. The molecule has 0 aromatic heterocycles. The molecule has 0 aliphatic rings. The van der Waals surface area contributed by atoms with Gasteiger partial charge in [0, 0.05) is 13.5 Å². The van der Waals surface area contributed by atoms with Gasteiger partial charge >= 0.3 is 5.97 Å². The van der Waals surface area contributed by atoms with Crippen LogP contribution in [0.15, 0.2) is 30.3 Å². The highest BCUT2D eigenvalue weighted by Gasteiger charge is 2.24. The topological polar surface area (TPSA) is 174 Å². The third-order valence-electron chi connectivity index (χ3n) is 4.01. The van der Waals surface area contributed by atoms with Crippen LogP contribution >= 0.6 is 0 Å². The number of carbonyl (C=O) groups is 4. The van der Waals surface area contributed by atoms with Crippen molar-refractivity contribution in [3.05, 3.63) is 35.9 Å². The lowest BCUT2D eigenvalue weighted by molar-refractivity contribution is -0.149. The molecule has 33 heavy (non-hydrogen) atoms. The molecule has 0 fully saturated rings. The molecule has 188 valence electrons. The van der Waals surface area contributed by atoms with Crippen LogP contribution in [0.2, 0.25) is 0 Å². The maximum Gasteiger partial charge on any atom is 0.328 e. The Labute approximate surface area is 196 Å². The van der Waals surface area contributed by atoms with Crippen LogP contribution in [0.25, 0.3) is 0 Å². The van der Waals surface area contributed by atoms with Gasteiger partial charge in [0.15, 0.2) is 0 Å². The van der Waals surface area contributed by atoms with E-state index in [0.717, 1.165) is 12.7 Å². The third kappa shape index (κ3) is 16.3. The first-order valence-corrected chi connectivity index (χ1v) is 10.9. The Kier molecular flexibility index (Phi) is 19.2. The fraction of sp³-hybridized carbons (Fsp3) is 0.565. The van der Waals surface area contributed by atoms with Crippen LogP contribution in [-0.2, 0) is 30.5 Å². The molecule has 2 atom stereocenters. The molecule has 1 aromatic rings. The zero-order valence-corrected chi connectivity index (χ0v) is 20.3. The van der Waals surface area contributed by atoms with Crippen molar-refractivity contribution in [1.82, 2.24) is 10.6 Å². The maximum atomic E-state index is 12.4. The predicted molar refractivity (Wildman–Crippen MR) is 127 cm³/mol. The summed E-state index contributed by atoms with van der Waals surface area (Å²) in [6, 6.07) is 7.44. The van der Waals surface area contributed by atoms with Crippen molar-refractivity contribution in [3.8, 4) is 0 Å². The number of nitrogens with one attached hydrogen (secondary N) is 2. The van der Waals surface area contributed by atoms with Crippen molar-refractivity contribution in [2.45, 2.75) is 65.6 Å². The average molecular weight is 469 g/mol. The molecule has 0 saturated heterocycles. The maximum absolute atomic E-state index is 12.4. The second-order valence-electron chi connectivity index (χ2n) is 7.17. The molecule has 0 aliphatic heterocycles. The number of rotatable bonds is 12. The Morgan fingerprint density at radius 3 is 2.15 bits per heavy atom. The van der Waals surface area contributed by atoms with Crippen LogP contribution in [0.1, 0.15) is 52.5 Å². The minimum Gasteiger partial charge on any atom is -0.459 e. The van der Waals surface area contributed by atoms with Crippen molar-refractivity contribution in [2.24, 2.45) is 17.4 Å². The molecule has 0 bridgehead atoms. The van der Waals surface area contributed by atoms with Crippen LogP contribution in [0.4, 0.5) is 0 Å². The average Bonchev–Trinajstić information content (AvgIpc) is 2.81. The van der Waals surface area contributed by atoms with Gasteiger partial charge in [0.25, 0.3) is 0 Å². The molecule has 2 unspecified atom stereocenters. The Hall–Kier alpha value is -2.98. The second-order valence-corrected chi connectivity index (χ2v) is 7.17. The summed E-state index contributed by atoms with van der Waals surface area (Å²) in [6.07, 6.45) is 0.459. The van der Waals surface area contributed by atoms with Crippen LogP contribution in [0, 0.1) is 5.92 Å². The SMILES string of the molecule is CC.CC(C)CC(NC(=O)CNC(=O)C(N)CCC(N)=O)C(=O)OCc1ccccc1.CO. The van der Waals surface area contributed by atoms with Gasteiger partial charge in [0.1, 0.15) is 12.6 Å². The van der Waals surface area contributed by atoms with Crippen LogP contribution < -0.4 is 22.1 Å². The summed E-state index contributed by atoms with van der Waals surface area (Å²) in [4.78, 5) is 47.1. The summed E-state index contributed by atoms with van der Waals surface area (Å²) >= 11 is 0. The number of amides is 3. The van der Waals surface area contributed by atoms with Gasteiger partial charge in [-0.2, -0.15) is 0 Å². The van der Waals surface area contributed by atoms with E-state index < -0.39 is 35.8 Å². The van der Waals surface area contributed by atoms with Gasteiger partial charge in [-0.05, 0) is 24.3 Å². The standard InChI is InChI=1S/C20H30N4O5.C2H6.CH4O/c1-13(2)10-16(20(28)29-12-14-6-4-3-5-7-14)24-18(26)11-23-19(27)15(21)8-9-17(22)25;2*1-2/h3-7,13,15-16H,8-12,21H2,1-2H3,(H2,22,25)(H,23,27)(H,24,26);1-2H3;2H,1H3. The van der Waals surface area contributed by atoms with E-state index in [4.69, 9.17) is 21.3 Å². The monoisotopic (exact) mass is 468 g/mol. The summed E-state index contributed by atoms with van der Waals surface area (Å²) in [5, 5.41) is 12.0. The predicted octanol–water partition coefficient (Wildman–Crippen LogP) is 0.604. The summed E-state index contributed by atoms with van der Waals surface area (Å²) in [7, 11) is 1.00. The van der Waals surface area contributed by atoms with Gasteiger partial charge in [-0.3, -0.25) is 14.4 Å². The molecule has 10 nitrogen and oxygen atoms in total. The van der Waals surface area contributed by atoms with Gasteiger partial charge in [0.05, 0.1) is 12.6 Å². The normalized spacial score (nSPS) is 11.5. The van der Waals surface area contributed by atoms with Crippen LogP contribution in [0.5, 0.6) is 0 Å². The van der Waals surface area contributed by atoms with Crippen LogP contribution in [-0.4, -0.2) is 54.5 Å². The highest BCUT2D eigenvalue weighted by molar-refractivity contribution is 5.90. The van der Waals surface area contributed by atoms with Gasteiger partial charge in [0.2, 0.25) is 17.7 Å². The molecule has 0 saturated carbocycles. The lowest BCUT2D eigenvalue weighted by atomic mass is 10.0. The van der Waals surface area contributed by atoms with E-state index in [9.17, 15) is 19.2 Å². The quantitative estimate of drug-likeness (QED) is 0.279. The first-order chi connectivity index (χ1) is 15.7. The number of primary amides is 1. The largest absolute Gasteiger partial charge is 0.459 e. The number of hydrogen-bond acceptors (Lipinski definition) is 7. The zero-order chi connectivity index (χ0) is 25.8. The summed E-state index contributed by atoms with van der Waals surface area (Å²) in [6.45, 7) is 7.60.